The highest BCUT2D eigenvalue weighted by Gasteiger charge is 2.18. The number of nitrogens with zero attached hydrogens (tertiary/aromatic N) is 3. The molecule has 0 unspecified atom stereocenters. The predicted molar refractivity (Wildman–Crippen MR) is 144 cm³/mol. The van der Waals surface area contributed by atoms with E-state index < -0.39 is 10.0 Å². The van der Waals surface area contributed by atoms with Gasteiger partial charge >= 0.3 is 0 Å². The third-order valence-electron chi connectivity index (χ3n) is 5.45. The van der Waals surface area contributed by atoms with Gasteiger partial charge in [-0.05, 0) is 36.8 Å². The summed E-state index contributed by atoms with van der Waals surface area (Å²) in [6.07, 6.45) is 4.08. The molecular formula is C24H21N7O3S2. The Kier molecular flexibility index (Phi) is 5.90. The first kappa shape index (κ1) is 23.5. The van der Waals surface area contributed by atoms with Crippen LogP contribution in [0.1, 0.15) is 15.9 Å². The van der Waals surface area contributed by atoms with Crippen LogP contribution in [0.5, 0.6) is 0 Å². The number of hydrogen-bond donors (Lipinski definition) is 4. The monoisotopic (exact) mass is 519 g/mol. The summed E-state index contributed by atoms with van der Waals surface area (Å²) >= 11 is 1.32. The molecule has 0 bridgehead atoms. The number of nitrogen functional groups attached to an aromatic ring is 1. The van der Waals surface area contributed by atoms with Gasteiger partial charge in [-0.15, -0.1) is 11.3 Å². The zero-order chi connectivity index (χ0) is 25.4. The van der Waals surface area contributed by atoms with Gasteiger partial charge in [0.1, 0.15) is 18.0 Å². The van der Waals surface area contributed by atoms with Crippen LogP contribution in [-0.4, -0.2) is 35.5 Å². The lowest BCUT2D eigenvalue weighted by Gasteiger charge is -2.15. The fraction of sp³-hybridized carbons (Fsp3) is 0.0833. The Morgan fingerprint density at radius 2 is 1.83 bits per heavy atom. The largest absolute Gasteiger partial charge is 0.382 e. The number of benzene rings is 2. The Balaban J connectivity index is 1.50. The maximum atomic E-state index is 13.2. The lowest BCUT2D eigenvalue weighted by atomic mass is 10.0. The number of thiophene rings is 1. The molecule has 1 amide bonds. The number of nitrogens with one attached hydrogen (secondary N) is 3. The number of carbonyl (C=O) groups is 1. The minimum atomic E-state index is -3.41. The highest BCUT2D eigenvalue weighted by Crippen LogP contribution is 2.34. The summed E-state index contributed by atoms with van der Waals surface area (Å²) in [6, 6.07) is 12.5. The maximum Gasteiger partial charge on any atom is 0.258 e. The average molecular weight is 520 g/mol. The molecule has 5 aromatic rings. The van der Waals surface area contributed by atoms with Crippen molar-refractivity contribution >= 4 is 77.0 Å². The zero-order valence-electron chi connectivity index (χ0n) is 19.2. The maximum absolute atomic E-state index is 13.2. The Morgan fingerprint density at radius 3 is 2.64 bits per heavy atom. The van der Waals surface area contributed by atoms with Crippen molar-refractivity contribution in [1.29, 1.82) is 0 Å². The third-order valence-corrected chi connectivity index (χ3v) is 7.04. The Morgan fingerprint density at radius 1 is 1.03 bits per heavy atom. The van der Waals surface area contributed by atoms with Gasteiger partial charge in [0.2, 0.25) is 10.0 Å². The summed E-state index contributed by atoms with van der Waals surface area (Å²) in [7, 11) is -3.41. The van der Waals surface area contributed by atoms with E-state index in [0.717, 1.165) is 22.6 Å². The van der Waals surface area contributed by atoms with E-state index in [1.165, 1.54) is 17.7 Å². The van der Waals surface area contributed by atoms with Crippen molar-refractivity contribution in [2.24, 2.45) is 0 Å². The molecule has 0 aliphatic carbocycles. The lowest BCUT2D eigenvalue weighted by molar-refractivity contribution is 0.102. The van der Waals surface area contributed by atoms with Gasteiger partial charge in [-0.25, -0.2) is 23.4 Å². The van der Waals surface area contributed by atoms with E-state index in [2.05, 4.69) is 30.3 Å². The third kappa shape index (κ3) is 4.63. The van der Waals surface area contributed by atoms with Crippen LogP contribution in [-0.2, 0) is 10.0 Å². The van der Waals surface area contributed by atoms with Gasteiger partial charge in [-0.1, -0.05) is 18.2 Å². The Bertz CT molecular complexity index is 1750. The number of anilines is 5. The van der Waals surface area contributed by atoms with E-state index in [1.807, 2.05) is 25.1 Å². The first-order valence-corrected chi connectivity index (χ1v) is 13.5. The SMILES string of the molecule is Cc1ccc2c(Nc3cccc(NS(C)(=O)=O)c3)nccc2c1NC(=O)c1csc2c(N)ncnc12. The van der Waals surface area contributed by atoms with Crippen LogP contribution in [0.15, 0.2) is 60.4 Å². The molecule has 0 radical (unpaired) electrons. The van der Waals surface area contributed by atoms with E-state index in [0.29, 0.717) is 44.5 Å². The van der Waals surface area contributed by atoms with E-state index in [4.69, 9.17) is 5.73 Å². The molecule has 0 aliphatic rings. The standard InChI is InChI=1S/C24H21N7O3S2/c1-13-6-7-17-16(19(13)30-24(32)18-11-35-21-20(18)27-12-28-22(21)25)8-9-26-23(17)29-14-4-3-5-15(10-14)31-36(2,33)34/h3-12,31H,1-2H3,(H,26,29)(H,30,32)(H2,25,27,28). The van der Waals surface area contributed by atoms with Gasteiger partial charge < -0.3 is 16.4 Å². The van der Waals surface area contributed by atoms with Crippen LogP contribution < -0.4 is 21.1 Å². The molecule has 3 aromatic heterocycles. The fourth-order valence-corrected chi connectivity index (χ4v) is 5.31. The summed E-state index contributed by atoms with van der Waals surface area (Å²) in [5.74, 6) is 0.588. The molecule has 0 spiro atoms. The summed E-state index contributed by atoms with van der Waals surface area (Å²) in [4.78, 5) is 25.9. The summed E-state index contributed by atoms with van der Waals surface area (Å²) in [5.41, 5.74) is 9.45. The van der Waals surface area contributed by atoms with Crippen molar-refractivity contribution in [2.75, 3.05) is 27.3 Å². The van der Waals surface area contributed by atoms with Crippen LogP contribution >= 0.6 is 11.3 Å². The average Bonchev–Trinajstić information content (AvgIpc) is 3.26. The van der Waals surface area contributed by atoms with Crippen LogP contribution in [0.4, 0.5) is 28.7 Å². The van der Waals surface area contributed by atoms with E-state index >= 15 is 0 Å². The second kappa shape index (κ2) is 9.06. The van der Waals surface area contributed by atoms with E-state index in [-0.39, 0.29) is 5.91 Å². The van der Waals surface area contributed by atoms with Crippen molar-refractivity contribution in [2.45, 2.75) is 6.92 Å². The zero-order valence-corrected chi connectivity index (χ0v) is 20.9. The number of pyridine rings is 1. The van der Waals surface area contributed by atoms with Crippen molar-refractivity contribution < 1.29 is 13.2 Å². The predicted octanol–water partition coefficient (Wildman–Crippen LogP) is 4.50. The summed E-state index contributed by atoms with van der Waals surface area (Å²) < 4.78 is 26.3. The number of carbonyl (C=O) groups excluding carboxylic acids is 1. The summed E-state index contributed by atoms with van der Waals surface area (Å²) in [6.45, 7) is 1.91. The quantitative estimate of drug-likeness (QED) is 0.256. The Hall–Kier alpha value is -4.29. The molecule has 182 valence electrons. The molecule has 0 fully saturated rings. The Labute approximate surface area is 210 Å². The fourth-order valence-electron chi connectivity index (χ4n) is 3.85. The molecule has 0 saturated heterocycles. The molecule has 3 heterocycles. The second-order valence-corrected chi connectivity index (χ2v) is 10.8. The summed E-state index contributed by atoms with van der Waals surface area (Å²) in [5, 5.41) is 9.56. The number of nitrogens with two attached hydrogens (primary N) is 1. The number of hydrogen-bond acceptors (Lipinski definition) is 9. The van der Waals surface area contributed by atoms with Gasteiger partial charge in [0.15, 0.2) is 0 Å². The molecule has 10 nitrogen and oxygen atoms in total. The molecule has 5 N–H and O–H groups in total. The number of sulfonamides is 1. The molecule has 0 saturated carbocycles. The van der Waals surface area contributed by atoms with E-state index in [9.17, 15) is 13.2 Å². The van der Waals surface area contributed by atoms with Gasteiger partial charge in [-0.2, -0.15) is 0 Å². The van der Waals surface area contributed by atoms with Crippen LogP contribution in [0.25, 0.3) is 21.0 Å². The first-order valence-electron chi connectivity index (χ1n) is 10.7. The molecule has 36 heavy (non-hydrogen) atoms. The van der Waals surface area contributed by atoms with Crippen LogP contribution in [0.2, 0.25) is 0 Å². The molecule has 2 aromatic carbocycles. The first-order chi connectivity index (χ1) is 17.2. The highest BCUT2D eigenvalue weighted by molar-refractivity contribution is 7.92. The molecule has 12 heteroatoms. The van der Waals surface area contributed by atoms with Crippen molar-refractivity contribution in [1.82, 2.24) is 15.0 Å². The van der Waals surface area contributed by atoms with Crippen LogP contribution in [0.3, 0.4) is 0 Å². The number of fused-ring (bicyclic) bond motifs is 2. The van der Waals surface area contributed by atoms with Crippen molar-refractivity contribution in [3.63, 3.8) is 0 Å². The lowest BCUT2D eigenvalue weighted by Crippen LogP contribution is -2.13. The topological polar surface area (TPSA) is 152 Å². The molecule has 5 rings (SSSR count). The van der Waals surface area contributed by atoms with Crippen molar-refractivity contribution in [3.05, 3.63) is 71.5 Å². The number of aromatic nitrogens is 3. The van der Waals surface area contributed by atoms with Crippen molar-refractivity contribution in [3.8, 4) is 0 Å². The van der Waals surface area contributed by atoms with Gasteiger partial charge in [-0.3, -0.25) is 9.52 Å². The minimum absolute atomic E-state index is 0.305. The smallest absolute Gasteiger partial charge is 0.258 e. The second-order valence-electron chi connectivity index (χ2n) is 8.13. The van der Waals surface area contributed by atoms with Gasteiger partial charge in [0.25, 0.3) is 5.91 Å². The minimum Gasteiger partial charge on any atom is -0.382 e. The number of rotatable bonds is 6. The molecule has 0 aliphatic heterocycles. The number of aryl methyl sites for hydroxylation is 1. The van der Waals surface area contributed by atoms with Crippen LogP contribution in [0, 0.1) is 6.92 Å². The van der Waals surface area contributed by atoms with Gasteiger partial charge in [0, 0.05) is 28.0 Å². The van der Waals surface area contributed by atoms with Gasteiger partial charge in [0.05, 0.1) is 33.4 Å². The highest BCUT2D eigenvalue weighted by atomic mass is 32.2. The van der Waals surface area contributed by atoms with E-state index in [1.54, 1.807) is 35.8 Å². The molecule has 0 atom stereocenters. The normalized spacial score (nSPS) is 11.5. The number of amides is 1. The molecular weight excluding hydrogens is 498 g/mol.